The zero-order valence-electron chi connectivity index (χ0n) is 8.14. The van der Waals surface area contributed by atoms with Gasteiger partial charge in [-0.15, -0.1) is 0 Å². The van der Waals surface area contributed by atoms with Crippen molar-refractivity contribution in [3.8, 4) is 0 Å². The summed E-state index contributed by atoms with van der Waals surface area (Å²) in [7, 11) is 0. The number of aryl methyl sites for hydroxylation is 1. The van der Waals surface area contributed by atoms with Gasteiger partial charge in [-0.3, -0.25) is 0 Å². The molecule has 0 unspecified atom stereocenters. The first-order chi connectivity index (χ1) is 6.40. The van der Waals surface area contributed by atoms with Crippen molar-refractivity contribution in [3.05, 3.63) is 34.1 Å². The average Bonchev–Trinajstić information content (AvgIpc) is 2.12. The summed E-state index contributed by atoms with van der Waals surface area (Å²) in [4.78, 5) is 0. The van der Waals surface area contributed by atoms with Crippen LogP contribution in [0.2, 0.25) is 5.02 Å². The molecule has 0 amide bonds. The van der Waals surface area contributed by atoms with E-state index in [1.54, 1.807) is 19.9 Å². The summed E-state index contributed by atoms with van der Waals surface area (Å²) >= 11 is 5.64. The molecule has 1 aromatic carbocycles. The Balaban J connectivity index is 3.40. The second-order valence-corrected chi connectivity index (χ2v) is 4.04. The molecule has 1 aromatic rings. The normalized spacial score (nSPS) is 15.3. The van der Waals surface area contributed by atoms with E-state index in [0.29, 0.717) is 5.56 Å². The minimum atomic E-state index is -1.10. The monoisotopic (exact) mass is 217 g/mol. The highest BCUT2D eigenvalue weighted by atomic mass is 35.5. The lowest BCUT2D eigenvalue weighted by Crippen LogP contribution is -2.38. The van der Waals surface area contributed by atoms with Gasteiger partial charge in [-0.05, 0) is 25.5 Å². The molecule has 0 saturated heterocycles. The van der Waals surface area contributed by atoms with Gasteiger partial charge in [-0.25, -0.2) is 4.39 Å². The van der Waals surface area contributed by atoms with Gasteiger partial charge in [0.2, 0.25) is 0 Å². The van der Waals surface area contributed by atoms with Gasteiger partial charge < -0.3 is 10.8 Å². The van der Waals surface area contributed by atoms with E-state index >= 15 is 0 Å². The fraction of sp³-hybridized carbons (Fsp3) is 0.400. The molecule has 0 radical (unpaired) electrons. The number of aliphatic hydroxyl groups excluding tert-OH is 1. The molecule has 0 aromatic heterocycles. The zero-order chi connectivity index (χ0) is 10.9. The van der Waals surface area contributed by atoms with Gasteiger partial charge in [0, 0.05) is 5.56 Å². The minimum absolute atomic E-state index is 0.0238. The second kappa shape index (κ2) is 3.85. The van der Waals surface area contributed by atoms with Gasteiger partial charge in [0.15, 0.2) is 0 Å². The molecule has 2 nitrogen and oxygen atoms in total. The smallest absolute Gasteiger partial charge is 0.147 e. The zero-order valence-corrected chi connectivity index (χ0v) is 8.90. The van der Waals surface area contributed by atoms with E-state index in [2.05, 4.69) is 0 Å². The Labute approximate surface area is 87.5 Å². The summed E-state index contributed by atoms with van der Waals surface area (Å²) < 4.78 is 13.6. The minimum Gasteiger partial charge on any atom is -0.394 e. The predicted octanol–water partition coefficient (Wildman–Crippen LogP) is 1.95. The number of benzene rings is 1. The molecule has 0 fully saturated rings. The third-order valence-electron chi connectivity index (χ3n) is 2.20. The Hall–Kier alpha value is -0.640. The average molecular weight is 218 g/mol. The fourth-order valence-corrected chi connectivity index (χ4v) is 1.58. The lowest BCUT2D eigenvalue weighted by atomic mass is 9.90. The maximum absolute atomic E-state index is 13.6. The van der Waals surface area contributed by atoms with Crippen molar-refractivity contribution in [3.63, 3.8) is 0 Å². The van der Waals surface area contributed by atoms with Crippen LogP contribution >= 0.6 is 11.6 Å². The molecule has 3 N–H and O–H groups in total. The number of aliphatic hydroxyl groups is 1. The van der Waals surface area contributed by atoms with Gasteiger partial charge in [0.1, 0.15) is 5.82 Å². The van der Waals surface area contributed by atoms with Crippen molar-refractivity contribution < 1.29 is 9.50 Å². The Morgan fingerprint density at radius 1 is 1.57 bits per heavy atom. The van der Waals surface area contributed by atoms with Crippen LogP contribution in [0.25, 0.3) is 0 Å². The van der Waals surface area contributed by atoms with Crippen molar-refractivity contribution in [2.24, 2.45) is 5.73 Å². The van der Waals surface area contributed by atoms with Gasteiger partial charge in [0.05, 0.1) is 17.2 Å². The highest BCUT2D eigenvalue weighted by Crippen LogP contribution is 2.28. The van der Waals surface area contributed by atoms with Crippen molar-refractivity contribution in [1.82, 2.24) is 0 Å². The van der Waals surface area contributed by atoms with E-state index < -0.39 is 11.4 Å². The molecule has 0 aliphatic heterocycles. The van der Waals surface area contributed by atoms with Crippen LogP contribution in [-0.2, 0) is 5.54 Å². The molecule has 4 heteroatoms. The highest BCUT2D eigenvalue weighted by molar-refractivity contribution is 6.30. The number of hydrogen-bond donors (Lipinski definition) is 2. The van der Waals surface area contributed by atoms with Crippen LogP contribution in [0.4, 0.5) is 4.39 Å². The first-order valence-corrected chi connectivity index (χ1v) is 4.63. The molecule has 0 saturated carbocycles. The Morgan fingerprint density at radius 2 is 2.14 bits per heavy atom. The molecular weight excluding hydrogens is 205 g/mol. The molecule has 78 valence electrons. The number of rotatable bonds is 2. The number of hydrogen-bond acceptors (Lipinski definition) is 2. The van der Waals surface area contributed by atoms with Crippen LogP contribution in [0.5, 0.6) is 0 Å². The van der Waals surface area contributed by atoms with E-state index in [4.69, 9.17) is 22.4 Å². The van der Waals surface area contributed by atoms with Crippen LogP contribution in [0.1, 0.15) is 18.1 Å². The molecular formula is C10H13ClFNO. The Kier molecular flexibility index (Phi) is 3.14. The van der Waals surface area contributed by atoms with Crippen LogP contribution in [0.3, 0.4) is 0 Å². The third kappa shape index (κ3) is 1.90. The summed E-state index contributed by atoms with van der Waals surface area (Å²) in [5.41, 5.74) is 5.62. The third-order valence-corrected chi connectivity index (χ3v) is 2.49. The molecule has 0 bridgehead atoms. The largest absolute Gasteiger partial charge is 0.394 e. The summed E-state index contributed by atoms with van der Waals surface area (Å²) in [6.45, 7) is 2.97. The standard InChI is InChI=1S/C10H13ClFNO/c1-6-3-4-7(11)9(12)8(6)10(2,13)5-14/h3-4,14H,5,13H2,1-2H3/t10-/m0/s1. The molecule has 0 heterocycles. The highest BCUT2D eigenvalue weighted by Gasteiger charge is 2.27. The number of nitrogens with two attached hydrogens (primary N) is 1. The molecule has 1 rings (SSSR count). The lowest BCUT2D eigenvalue weighted by Gasteiger charge is -2.25. The topological polar surface area (TPSA) is 46.2 Å². The first kappa shape index (κ1) is 11.4. The second-order valence-electron chi connectivity index (χ2n) is 3.63. The summed E-state index contributed by atoms with van der Waals surface area (Å²) in [6, 6.07) is 3.16. The maximum atomic E-state index is 13.6. The molecule has 14 heavy (non-hydrogen) atoms. The van der Waals surface area contributed by atoms with E-state index in [1.165, 1.54) is 6.07 Å². The van der Waals surface area contributed by atoms with Gasteiger partial charge in [-0.2, -0.15) is 0 Å². The summed E-state index contributed by atoms with van der Waals surface area (Å²) in [5.74, 6) is -0.550. The summed E-state index contributed by atoms with van der Waals surface area (Å²) in [5, 5.41) is 9.08. The van der Waals surface area contributed by atoms with E-state index in [9.17, 15) is 4.39 Å². The van der Waals surface area contributed by atoms with Crippen LogP contribution < -0.4 is 5.73 Å². The first-order valence-electron chi connectivity index (χ1n) is 4.25. The van der Waals surface area contributed by atoms with E-state index in [0.717, 1.165) is 0 Å². The van der Waals surface area contributed by atoms with Crippen molar-refractivity contribution in [2.45, 2.75) is 19.4 Å². The molecule has 0 aliphatic rings. The quantitative estimate of drug-likeness (QED) is 0.796. The van der Waals surface area contributed by atoms with Crippen molar-refractivity contribution in [2.75, 3.05) is 6.61 Å². The fourth-order valence-electron chi connectivity index (χ4n) is 1.43. The molecule has 1 atom stereocenters. The number of halogens is 2. The van der Waals surface area contributed by atoms with Gasteiger partial charge in [-0.1, -0.05) is 17.7 Å². The lowest BCUT2D eigenvalue weighted by molar-refractivity contribution is 0.206. The van der Waals surface area contributed by atoms with Crippen LogP contribution in [0, 0.1) is 12.7 Å². The Bertz CT molecular complexity index is 352. The SMILES string of the molecule is Cc1ccc(Cl)c(F)c1[C@@](C)(N)CO. The van der Waals surface area contributed by atoms with Crippen LogP contribution in [0.15, 0.2) is 12.1 Å². The van der Waals surface area contributed by atoms with Crippen LogP contribution in [-0.4, -0.2) is 11.7 Å². The van der Waals surface area contributed by atoms with Crippen molar-refractivity contribution in [1.29, 1.82) is 0 Å². The van der Waals surface area contributed by atoms with Gasteiger partial charge in [0.25, 0.3) is 0 Å². The maximum Gasteiger partial charge on any atom is 0.147 e. The predicted molar refractivity (Wildman–Crippen MR) is 54.8 cm³/mol. The van der Waals surface area contributed by atoms with E-state index in [1.807, 2.05) is 0 Å². The molecule has 0 spiro atoms. The Morgan fingerprint density at radius 3 is 2.64 bits per heavy atom. The van der Waals surface area contributed by atoms with E-state index in [-0.39, 0.29) is 17.2 Å². The van der Waals surface area contributed by atoms with Gasteiger partial charge >= 0.3 is 0 Å². The molecule has 0 aliphatic carbocycles. The van der Waals surface area contributed by atoms with Crippen molar-refractivity contribution >= 4 is 11.6 Å². The summed E-state index contributed by atoms with van der Waals surface area (Å²) in [6.07, 6.45) is 0.